The number of para-hydroxylation sites is 1. The van der Waals surface area contributed by atoms with Crippen molar-refractivity contribution in [2.24, 2.45) is 10.7 Å². The molecule has 12 heavy (non-hydrogen) atoms. The molecule has 0 fully saturated rings. The summed E-state index contributed by atoms with van der Waals surface area (Å²) in [6.45, 7) is 7.09. The van der Waals surface area contributed by atoms with Crippen LogP contribution < -0.4 is 5.73 Å². The molecule has 0 heterocycles. The van der Waals surface area contributed by atoms with Crippen molar-refractivity contribution in [3.05, 3.63) is 36.4 Å². The molecule has 2 nitrogen and oxygen atoms in total. The summed E-state index contributed by atoms with van der Waals surface area (Å²) in [5, 5.41) is 0. The predicted molar refractivity (Wildman–Crippen MR) is 55.9 cm³/mol. The first kappa shape index (κ1) is 10.6. The number of rotatable bonds is 2. The van der Waals surface area contributed by atoms with Crippen LogP contribution >= 0.6 is 0 Å². The van der Waals surface area contributed by atoms with Crippen molar-refractivity contribution >= 4 is 18.5 Å². The molecule has 1 rings (SSSR count). The Hall–Kier alpha value is -1.41. The van der Waals surface area contributed by atoms with Crippen LogP contribution in [0.1, 0.15) is 5.56 Å². The number of hydrogen-bond donors (Lipinski definition) is 1. The third-order valence-corrected chi connectivity index (χ3v) is 1.33. The standard InChI is InChI=1S/C9H9N.CH5N/c1-3-8-6-4-5-7-9(8)10-2;1-2/h3-7H,1-2H2;2H2,1H3. The molecule has 0 aromatic heterocycles. The lowest BCUT2D eigenvalue weighted by Gasteiger charge is -1.95. The Kier molecular flexibility index (Phi) is 5.57. The van der Waals surface area contributed by atoms with E-state index in [2.05, 4.69) is 24.0 Å². The molecular formula is C10H14N2. The zero-order valence-corrected chi connectivity index (χ0v) is 7.33. The molecule has 0 bridgehead atoms. The SMILES string of the molecule is C=Cc1ccccc1N=C.CN. The number of nitrogens with two attached hydrogens (primary N) is 1. The van der Waals surface area contributed by atoms with Crippen molar-refractivity contribution in [2.45, 2.75) is 0 Å². The second-order valence-corrected chi connectivity index (χ2v) is 1.92. The van der Waals surface area contributed by atoms with Crippen molar-refractivity contribution in [1.82, 2.24) is 0 Å². The van der Waals surface area contributed by atoms with Crippen LogP contribution in [0.3, 0.4) is 0 Å². The molecule has 0 atom stereocenters. The fourth-order valence-corrected chi connectivity index (χ4v) is 0.804. The van der Waals surface area contributed by atoms with Gasteiger partial charge in [-0.2, -0.15) is 0 Å². The highest BCUT2D eigenvalue weighted by Crippen LogP contribution is 2.17. The first-order chi connectivity index (χ1) is 5.88. The van der Waals surface area contributed by atoms with Crippen molar-refractivity contribution in [2.75, 3.05) is 7.05 Å². The van der Waals surface area contributed by atoms with Crippen LogP contribution in [0.15, 0.2) is 35.8 Å². The van der Waals surface area contributed by atoms with Crippen LogP contribution in [0.4, 0.5) is 5.69 Å². The van der Waals surface area contributed by atoms with E-state index in [1.807, 2.05) is 24.3 Å². The highest BCUT2D eigenvalue weighted by molar-refractivity contribution is 5.64. The maximum absolute atomic E-state index is 4.50. The van der Waals surface area contributed by atoms with E-state index in [-0.39, 0.29) is 0 Å². The molecule has 0 aliphatic heterocycles. The molecule has 0 radical (unpaired) electrons. The molecule has 1 aromatic rings. The zero-order valence-electron chi connectivity index (χ0n) is 7.33. The third-order valence-electron chi connectivity index (χ3n) is 1.33. The van der Waals surface area contributed by atoms with E-state index in [1.165, 1.54) is 7.05 Å². The van der Waals surface area contributed by atoms with Crippen LogP contribution in [-0.2, 0) is 0 Å². The maximum atomic E-state index is 4.50. The molecule has 64 valence electrons. The van der Waals surface area contributed by atoms with E-state index < -0.39 is 0 Å². The summed E-state index contributed by atoms with van der Waals surface area (Å²) in [6, 6.07) is 7.74. The Morgan fingerprint density at radius 2 is 1.92 bits per heavy atom. The van der Waals surface area contributed by atoms with Gasteiger partial charge in [0, 0.05) is 0 Å². The first-order valence-electron chi connectivity index (χ1n) is 3.64. The van der Waals surface area contributed by atoms with Gasteiger partial charge in [-0.25, -0.2) is 0 Å². The van der Waals surface area contributed by atoms with E-state index >= 15 is 0 Å². The Balaban J connectivity index is 0.000000561. The minimum absolute atomic E-state index is 0.887. The zero-order chi connectivity index (χ0) is 9.40. The highest BCUT2D eigenvalue weighted by Gasteiger charge is 1.90. The minimum atomic E-state index is 0.887. The third kappa shape index (κ3) is 2.68. The largest absolute Gasteiger partial charge is 0.333 e. The molecule has 0 saturated carbocycles. The molecule has 1 aromatic carbocycles. The monoisotopic (exact) mass is 162 g/mol. The van der Waals surface area contributed by atoms with Gasteiger partial charge in [-0.15, -0.1) is 0 Å². The van der Waals surface area contributed by atoms with Crippen LogP contribution in [0.25, 0.3) is 6.08 Å². The number of nitrogens with zero attached hydrogens (tertiary/aromatic N) is 1. The molecule has 0 spiro atoms. The quantitative estimate of drug-likeness (QED) is 0.665. The lowest BCUT2D eigenvalue weighted by molar-refractivity contribution is 1.48. The molecule has 0 aliphatic rings. The van der Waals surface area contributed by atoms with Gasteiger partial charge in [-0.3, -0.25) is 4.99 Å². The van der Waals surface area contributed by atoms with Gasteiger partial charge in [-0.05, 0) is 25.4 Å². The van der Waals surface area contributed by atoms with E-state index in [9.17, 15) is 0 Å². The smallest absolute Gasteiger partial charge is 0.0694 e. The van der Waals surface area contributed by atoms with Crippen LogP contribution in [0, 0.1) is 0 Å². The van der Waals surface area contributed by atoms with Crippen molar-refractivity contribution in [3.63, 3.8) is 0 Å². The van der Waals surface area contributed by atoms with Gasteiger partial charge >= 0.3 is 0 Å². The fraction of sp³-hybridized carbons (Fsp3) is 0.100. The first-order valence-corrected chi connectivity index (χ1v) is 3.64. The predicted octanol–water partition coefficient (Wildman–Crippen LogP) is 2.24. The molecular weight excluding hydrogens is 148 g/mol. The topological polar surface area (TPSA) is 38.4 Å². The van der Waals surface area contributed by atoms with E-state index in [4.69, 9.17) is 0 Å². The number of benzene rings is 1. The van der Waals surface area contributed by atoms with Crippen LogP contribution in [0.5, 0.6) is 0 Å². The Labute approximate surface area is 73.4 Å². The fourth-order valence-electron chi connectivity index (χ4n) is 0.804. The number of hydrogen-bond acceptors (Lipinski definition) is 2. The summed E-state index contributed by atoms with van der Waals surface area (Å²) < 4.78 is 0. The van der Waals surface area contributed by atoms with Crippen molar-refractivity contribution in [3.8, 4) is 0 Å². The number of aliphatic imine (C=N–C) groups is 1. The van der Waals surface area contributed by atoms with Gasteiger partial charge in [0.1, 0.15) is 0 Å². The summed E-state index contributed by atoms with van der Waals surface area (Å²) in [7, 11) is 1.50. The van der Waals surface area contributed by atoms with E-state index in [0.29, 0.717) is 0 Å². The molecule has 2 heteroatoms. The van der Waals surface area contributed by atoms with Gasteiger partial charge in [0.25, 0.3) is 0 Å². The molecule has 0 aliphatic carbocycles. The van der Waals surface area contributed by atoms with Gasteiger partial charge < -0.3 is 5.73 Å². The normalized spacial score (nSPS) is 7.83. The van der Waals surface area contributed by atoms with Crippen molar-refractivity contribution < 1.29 is 0 Å². The summed E-state index contributed by atoms with van der Waals surface area (Å²) >= 11 is 0. The van der Waals surface area contributed by atoms with Gasteiger partial charge in [0.2, 0.25) is 0 Å². The molecule has 0 amide bonds. The Morgan fingerprint density at radius 1 is 1.33 bits per heavy atom. The molecule has 2 N–H and O–H groups in total. The highest BCUT2D eigenvalue weighted by atomic mass is 14.7. The minimum Gasteiger partial charge on any atom is -0.333 e. The van der Waals surface area contributed by atoms with Crippen molar-refractivity contribution in [1.29, 1.82) is 0 Å². The van der Waals surface area contributed by atoms with E-state index in [1.54, 1.807) is 6.08 Å². The summed E-state index contributed by atoms with van der Waals surface area (Å²) in [4.78, 5) is 3.82. The van der Waals surface area contributed by atoms with Crippen LogP contribution in [0.2, 0.25) is 0 Å². The van der Waals surface area contributed by atoms with Gasteiger partial charge in [0.15, 0.2) is 0 Å². The van der Waals surface area contributed by atoms with Crippen LogP contribution in [-0.4, -0.2) is 13.8 Å². The van der Waals surface area contributed by atoms with Gasteiger partial charge in [-0.1, -0.05) is 30.9 Å². The lowest BCUT2D eigenvalue weighted by Crippen LogP contribution is -1.70. The Bertz CT molecular complexity index is 227. The summed E-state index contributed by atoms with van der Waals surface area (Å²) in [6.07, 6.45) is 1.77. The maximum Gasteiger partial charge on any atom is 0.0694 e. The molecule has 0 unspecified atom stereocenters. The lowest BCUT2D eigenvalue weighted by atomic mass is 10.2. The molecule has 0 saturated heterocycles. The summed E-state index contributed by atoms with van der Waals surface area (Å²) in [5.74, 6) is 0. The average molecular weight is 162 g/mol. The van der Waals surface area contributed by atoms with E-state index in [0.717, 1.165) is 11.3 Å². The average Bonchev–Trinajstić information content (AvgIpc) is 2.20. The second kappa shape index (κ2) is 6.31. The second-order valence-electron chi connectivity index (χ2n) is 1.92. The summed E-state index contributed by atoms with van der Waals surface area (Å²) in [5.41, 5.74) is 6.41. The van der Waals surface area contributed by atoms with Gasteiger partial charge in [0.05, 0.1) is 5.69 Å². The Morgan fingerprint density at radius 3 is 2.33 bits per heavy atom.